The summed E-state index contributed by atoms with van der Waals surface area (Å²) in [5, 5.41) is 0.691. The number of sulfonamides is 1. The van der Waals surface area contributed by atoms with Gasteiger partial charge in [-0.2, -0.15) is 0 Å². The second-order valence-electron chi connectivity index (χ2n) is 3.53. The summed E-state index contributed by atoms with van der Waals surface area (Å²) in [5.74, 6) is 0.907. The van der Waals surface area contributed by atoms with Gasteiger partial charge in [0.1, 0.15) is 5.75 Å². The van der Waals surface area contributed by atoms with Crippen LogP contribution < -0.4 is 9.46 Å². The predicted molar refractivity (Wildman–Crippen MR) is 72.0 cm³/mol. The Morgan fingerprint density at radius 2 is 1.94 bits per heavy atom. The van der Waals surface area contributed by atoms with Crippen LogP contribution in [0.1, 0.15) is 12.0 Å². The third kappa shape index (κ3) is 5.52. The van der Waals surface area contributed by atoms with Crippen molar-refractivity contribution in [2.24, 2.45) is 0 Å². The summed E-state index contributed by atoms with van der Waals surface area (Å²) in [4.78, 5) is 0. The lowest BCUT2D eigenvalue weighted by Crippen LogP contribution is -2.26. The summed E-state index contributed by atoms with van der Waals surface area (Å²) in [6, 6.07) is 7.29. The number of hydrogen-bond donors (Lipinski definition) is 1. The molecule has 6 heteroatoms. The number of benzene rings is 1. The third-order valence-corrected chi connectivity index (χ3v) is 4.17. The van der Waals surface area contributed by atoms with Gasteiger partial charge in [0, 0.05) is 11.9 Å². The zero-order valence-electron chi connectivity index (χ0n) is 9.65. The predicted octanol–water partition coefficient (Wildman–Crippen LogP) is 1.90. The number of rotatable bonds is 7. The Labute approximate surface area is 111 Å². The van der Waals surface area contributed by atoms with Crippen molar-refractivity contribution < 1.29 is 13.2 Å². The van der Waals surface area contributed by atoms with E-state index in [1.54, 1.807) is 7.11 Å². The van der Waals surface area contributed by atoms with Gasteiger partial charge in [-0.25, -0.2) is 13.1 Å². The van der Waals surface area contributed by atoms with Crippen LogP contribution in [-0.4, -0.2) is 26.6 Å². The van der Waals surface area contributed by atoms with Crippen molar-refractivity contribution in [3.8, 4) is 5.75 Å². The zero-order valence-corrected chi connectivity index (χ0v) is 12.1. The number of nitrogens with one attached hydrogen (secondary N) is 1. The van der Waals surface area contributed by atoms with Gasteiger partial charge in [-0.1, -0.05) is 28.1 Å². The number of alkyl halides is 1. The molecule has 1 aromatic carbocycles. The summed E-state index contributed by atoms with van der Waals surface area (Å²) in [6.45, 7) is 0.314. The Hall–Kier alpha value is -0.590. The van der Waals surface area contributed by atoms with E-state index in [-0.39, 0.29) is 5.75 Å². The zero-order chi connectivity index (χ0) is 12.7. The first-order chi connectivity index (χ1) is 8.07. The molecule has 0 spiro atoms. The fourth-order valence-corrected chi connectivity index (χ4v) is 2.96. The van der Waals surface area contributed by atoms with Crippen LogP contribution in [0.3, 0.4) is 0 Å². The van der Waals surface area contributed by atoms with Crippen molar-refractivity contribution >= 4 is 26.0 Å². The van der Waals surface area contributed by atoms with E-state index in [0.717, 1.165) is 11.3 Å². The lowest BCUT2D eigenvalue weighted by molar-refractivity contribution is 0.414. The molecule has 0 radical (unpaired) electrons. The molecule has 0 aliphatic rings. The SMILES string of the molecule is COc1ccc(CNS(=O)(=O)CCCBr)cc1. The second-order valence-corrected chi connectivity index (χ2v) is 6.25. The van der Waals surface area contributed by atoms with E-state index in [4.69, 9.17) is 4.74 Å². The van der Waals surface area contributed by atoms with Crippen molar-refractivity contribution in [2.45, 2.75) is 13.0 Å². The van der Waals surface area contributed by atoms with Gasteiger partial charge in [0.25, 0.3) is 0 Å². The van der Waals surface area contributed by atoms with Crippen molar-refractivity contribution in [1.82, 2.24) is 4.72 Å². The average molecular weight is 322 g/mol. The van der Waals surface area contributed by atoms with Crippen molar-refractivity contribution in [1.29, 1.82) is 0 Å². The average Bonchev–Trinajstić information content (AvgIpc) is 2.35. The molecular weight excluding hydrogens is 306 g/mol. The molecule has 96 valence electrons. The van der Waals surface area contributed by atoms with Crippen LogP contribution in [0.5, 0.6) is 5.75 Å². The molecular formula is C11H16BrNO3S. The number of ether oxygens (including phenoxy) is 1. The molecule has 0 saturated carbocycles. The van der Waals surface area contributed by atoms with Gasteiger partial charge >= 0.3 is 0 Å². The van der Waals surface area contributed by atoms with E-state index in [2.05, 4.69) is 20.7 Å². The van der Waals surface area contributed by atoms with E-state index in [9.17, 15) is 8.42 Å². The van der Waals surface area contributed by atoms with Crippen LogP contribution in [0.15, 0.2) is 24.3 Å². The first-order valence-corrected chi connectivity index (χ1v) is 8.01. The Balaban J connectivity index is 2.49. The standard InChI is InChI=1S/C11H16BrNO3S/c1-16-11-5-3-10(4-6-11)9-13-17(14,15)8-2-7-12/h3-6,13H,2,7-9H2,1H3. The molecule has 0 heterocycles. The quantitative estimate of drug-likeness (QED) is 0.780. The molecule has 17 heavy (non-hydrogen) atoms. The van der Waals surface area contributed by atoms with Crippen molar-refractivity contribution in [2.75, 3.05) is 18.2 Å². The smallest absolute Gasteiger partial charge is 0.211 e. The summed E-state index contributed by atoms with van der Waals surface area (Å²) >= 11 is 3.21. The van der Waals surface area contributed by atoms with E-state index in [0.29, 0.717) is 18.3 Å². The van der Waals surface area contributed by atoms with Gasteiger partial charge in [0.15, 0.2) is 0 Å². The normalized spacial score (nSPS) is 11.4. The number of methoxy groups -OCH3 is 1. The van der Waals surface area contributed by atoms with E-state index in [1.165, 1.54) is 0 Å². The number of hydrogen-bond acceptors (Lipinski definition) is 3. The molecule has 0 aliphatic carbocycles. The highest BCUT2D eigenvalue weighted by molar-refractivity contribution is 9.09. The fraction of sp³-hybridized carbons (Fsp3) is 0.455. The first kappa shape index (κ1) is 14.5. The molecule has 0 aromatic heterocycles. The molecule has 1 rings (SSSR count). The highest BCUT2D eigenvalue weighted by Crippen LogP contribution is 2.11. The van der Waals surface area contributed by atoms with Gasteiger partial charge in [-0.3, -0.25) is 0 Å². The molecule has 0 aliphatic heterocycles. The second kappa shape index (κ2) is 6.98. The van der Waals surface area contributed by atoms with Crippen LogP contribution in [-0.2, 0) is 16.6 Å². The Bertz CT molecular complexity index is 431. The Morgan fingerprint density at radius 1 is 1.29 bits per heavy atom. The maximum absolute atomic E-state index is 11.5. The minimum atomic E-state index is -3.17. The third-order valence-electron chi connectivity index (χ3n) is 2.20. The number of halogens is 1. The van der Waals surface area contributed by atoms with Gasteiger partial charge in [-0.15, -0.1) is 0 Å². The topological polar surface area (TPSA) is 55.4 Å². The molecule has 4 nitrogen and oxygen atoms in total. The molecule has 0 amide bonds. The Morgan fingerprint density at radius 3 is 2.47 bits per heavy atom. The minimum absolute atomic E-state index is 0.147. The molecule has 1 aromatic rings. The summed E-state index contributed by atoms with van der Waals surface area (Å²) in [6.07, 6.45) is 0.609. The van der Waals surface area contributed by atoms with Crippen molar-refractivity contribution in [3.05, 3.63) is 29.8 Å². The van der Waals surface area contributed by atoms with Crippen LogP contribution in [0.25, 0.3) is 0 Å². The maximum Gasteiger partial charge on any atom is 0.211 e. The van der Waals surface area contributed by atoms with Gasteiger partial charge < -0.3 is 4.74 Å². The molecule has 0 fully saturated rings. The van der Waals surface area contributed by atoms with Gasteiger partial charge in [0.2, 0.25) is 10.0 Å². The highest BCUT2D eigenvalue weighted by atomic mass is 79.9. The highest BCUT2D eigenvalue weighted by Gasteiger charge is 2.08. The van der Waals surface area contributed by atoms with Gasteiger partial charge in [0.05, 0.1) is 12.9 Å². The minimum Gasteiger partial charge on any atom is -0.497 e. The summed E-state index contributed by atoms with van der Waals surface area (Å²) < 4.78 is 30.6. The van der Waals surface area contributed by atoms with E-state index in [1.807, 2.05) is 24.3 Å². The van der Waals surface area contributed by atoms with Crippen LogP contribution >= 0.6 is 15.9 Å². The fourth-order valence-electron chi connectivity index (χ4n) is 1.25. The molecule has 1 N–H and O–H groups in total. The molecule has 0 atom stereocenters. The lowest BCUT2D eigenvalue weighted by Gasteiger charge is -2.06. The summed E-state index contributed by atoms with van der Waals surface area (Å²) in [7, 11) is -1.57. The van der Waals surface area contributed by atoms with Crippen molar-refractivity contribution in [3.63, 3.8) is 0 Å². The van der Waals surface area contributed by atoms with Crippen LogP contribution in [0.2, 0.25) is 0 Å². The molecule has 0 bridgehead atoms. The lowest BCUT2D eigenvalue weighted by atomic mass is 10.2. The first-order valence-electron chi connectivity index (χ1n) is 5.23. The molecule has 0 unspecified atom stereocenters. The van der Waals surface area contributed by atoms with Crippen LogP contribution in [0.4, 0.5) is 0 Å². The largest absolute Gasteiger partial charge is 0.497 e. The van der Waals surface area contributed by atoms with E-state index < -0.39 is 10.0 Å². The van der Waals surface area contributed by atoms with Crippen LogP contribution in [0, 0.1) is 0 Å². The molecule has 0 saturated heterocycles. The summed E-state index contributed by atoms with van der Waals surface area (Å²) in [5.41, 5.74) is 0.910. The van der Waals surface area contributed by atoms with E-state index >= 15 is 0 Å². The Kier molecular flexibility index (Phi) is 5.94. The van der Waals surface area contributed by atoms with Gasteiger partial charge in [-0.05, 0) is 24.1 Å². The monoisotopic (exact) mass is 321 g/mol. The maximum atomic E-state index is 11.5.